The third-order valence-corrected chi connectivity index (χ3v) is 3.52. The lowest BCUT2D eigenvalue weighted by atomic mass is 10.0. The van der Waals surface area contributed by atoms with Crippen LogP contribution in [0.3, 0.4) is 0 Å². The first-order valence-electron chi connectivity index (χ1n) is 6.23. The summed E-state index contributed by atoms with van der Waals surface area (Å²) in [4.78, 5) is 2.55. The summed E-state index contributed by atoms with van der Waals surface area (Å²) in [6.07, 6.45) is 2.56. The van der Waals surface area contributed by atoms with Crippen LogP contribution in [0.1, 0.15) is 24.0 Å². The van der Waals surface area contributed by atoms with Gasteiger partial charge in [0.1, 0.15) is 0 Å². The van der Waals surface area contributed by atoms with Gasteiger partial charge in [0.15, 0.2) is 0 Å². The fraction of sp³-hybridized carbons (Fsp3) is 0.571. The Hall–Kier alpha value is -0.860. The molecule has 1 N–H and O–H groups in total. The number of nitrogens with zero attached hydrogens (tertiary/aromatic N) is 1. The largest absolute Gasteiger partial charge is 0.317 e. The standard InChI is InChI=1S/C14H22N2/c1-12-3-5-13(6-4-12)11-16-9-7-14(15-2)8-10-16/h3-6,14-15H,7-11H2,1-2H3. The van der Waals surface area contributed by atoms with Crippen LogP contribution in [0.5, 0.6) is 0 Å². The lowest BCUT2D eigenvalue weighted by Crippen LogP contribution is -2.40. The van der Waals surface area contributed by atoms with Gasteiger partial charge in [-0.3, -0.25) is 4.90 Å². The Kier molecular flexibility index (Phi) is 3.97. The van der Waals surface area contributed by atoms with Gasteiger partial charge in [-0.25, -0.2) is 0 Å². The van der Waals surface area contributed by atoms with Gasteiger partial charge in [0, 0.05) is 12.6 Å². The van der Waals surface area contributed by atoms with Gasteiger partial charge >= 0.3 is 0 Å². The first-order chi connectivity index (χ1) is 7.78. The van der Waals surface area contributed by atoms with Gasteiger partial charge in [-0.2, -0.15) is 0 Å². The van der Waals surface area contributed by atoms with E-state index in [2.05, 4.69) is 48.5 Å². The molecule has 1 heterocycles. The molecule has 1 saturated heterocycles. The predicted octanol–water partition coefficient (Wildman–Crippen LogP) is 2.18. The Morgan fingerprint density at radius 1 is 1.19 bits per heavy atom. The second-order valence-corrected chi connectivity index (χ2v) is 4.82. The van der Waals surface area contributed by atoms with Crippen LogP contribution < -0.4 is 5.32 Å². The van der Waals surface area contributed by atoms with Crippen LogP contribution in [0.2, 0.25) is 0 Å². The molecule has 0 atom stereocenters. The van der Waals surface area contributed by atoms with Crippen LogP contribution in [0.15, 0.2) is 24.3 Å². The molecule has 88 valence electrons. The Morgan fingerprint density at radius 2 is 1.81 bits per heavy atom. The van der Waals surface area contributed by atoms with E-state index in [1.54, 1.807) is 0 Å². The first-order valence-corrected chi connectivity index (χ1v) is 6.23. The number of hydrogen-bond donors (Lipinski definition) is 1. The van der Waals surface area contributed by atoms with Crippen LogP contribution in [-0.2, 0) is 6.54 Å². The highest BCUT2D eigenvalue weighted by Gasteiger charge is 2.17. The molecule has 0 bridgehead atoms. The predicted molar refractivity (Wildman–Crippen MR) is 68.5 cm³/mol. The van der Waals surface area contributed by atoms with Crippen LogP contribution >= 0.6 is 0 Å². The lowest BCUT2D eigenvalue weighted by molar-refractivity contribution is 0.194. The highest BCUT2D eigenvalue weighted by Crippen LogP contribution is 2.13. The number of aryl methyl sites for hydroxylation is 1. The smallest absolute Gasteiger partial charge is 0.0233 e. The van der Waals surface area contributed by atoms with E-state index in [0.717, 1.165) is 12.6 Å². The maximum Gasteiger partial charge on any atom is 0.0233 e. The average Bonchev–Trinajstić information content (AvgIpc) is 2.33. The second kappa shape index (κ2) is 5.46. The molecule has 2 rings (SSSR count). The molecule has 1 aromatic rings. The second-order valence-electron chi connectivity index (χ2n) is 4.82. The van der Waals surface area contributed by atoms with Crippen molar-refractivity contribution < 1.29 is 0 Å². The van der Waals surface area contributed by atoms with Gasteiger partial charge in [0.25, 0.3) is 0 Å². The Labute approximate surface area is 98.7 Å². The van der Waals surface area contributed by atoms with Gasteiger partial charge in [-0.1, -0.05) is 29.8 Å². The quantitative estimate of drug-likeness (QED) is 0.836. The van der Waals surface area contributed by atoms with E-state index in [1.807, 2.05) is 0 Å². The van der Waals surface area contributed by atoms with Crippen molar-refractivity contribution in [2.75, 3.05) is 20.1 Å². The van der Waals surface area contributed by atoms with E-state index in [0.29, 0.717) is 0 Å². The summed E-state index contributed by atoms with van der Waals surface area (Å²) < 4.78 is 0. The zero-order valence-corrected chi connectivity index (χ0v) is 10.4. The van der Waals surface area contributed by atoms with Crippen molar-refractivity contribution in [3.63, 3.8) is 0 Å². The van der Waals surface area contributed by atoms with Crippen molar-refractivity contribution in [1.82, 2.24) is 10.2 Å². The first kappa shape index (κ1) is 11.6. The van der Waals surface area contributed by atoms with Gasteiger partial charge in [-0.05, 0) is 45.5 Å². The maximum absolute atomic E-state index is 3.37. The van der Waals surface area contributed by atoms with E-state index in [1.165, 1.54) is 37.1 Å². The number of likely N-dealkylation sites (tertiary alicyclic amines) is 1. The van der Waals surface area contributed by atoms with Gasteiger partial charge in [0.05, 0.1) is 0 Å². The molecule has 2 heteroatoms. The zero-order valence-electron chi connectivity index (χ0n) is 10.4. The molecular weight excluding hydrogens is 196 g/mol. The van der Waals surface area contributed by atoms with Gasteiger partial charge in [0.2, 0.25) is 0 Å². The molecule has 1 aromatic carbocycles. The van der Waals surface area contributed by atoms with E-state index < -0.39 is 0 Å². The molecule has 0 spiro atoms. The summed E-state index contributed by atoms with van der Waals surface area (Å²) in [5.41, 5.74) is 2.78. The fourth-order valence-corrected chi connectivity index (χ4v) is 2.33. The molecule has 1 aliphatic heterocycles. The van der Waals surface area contributed by atoms with Crippen LogP contribution in [0.25, 0.3) is 0 Å². The summed E-state index contributed by atoms with van der Waals surface area (Å²) in [5, 5.41) is 3.37. The molecule has 0 radical (unpaired) electrons. The minimum Gasteiger partial charge on any atom is -0.317 e. The molecule has 0 aromatic heterocycles. The van der Waals surface area contributed by atoms with Crippen molar-refractivity contribution in [3.05, 3.63) is 35.4 Å². The highest BCUT2D eigenvalue weighted by molar-refractivity contribution is 5.21. The summed E-state index contributed by atoms with van der Waals surface area (Å²) in [6.45, 7) is 5.69. The van der Waals surface area contributed by atoms with Crippen molar-refractivity contribution in [2.24, 2.45) is 0 Å². The third kappa shape index (κ3) is 3.06. The van der Waals surface area contributed by atoms with Crippen LogP contribution in [0.4, 0.5) is 0 Å². The Balaban J connectivity index is 1.84. The topological polar surface area (TPSA) is 15.3 Å². The number of hydrogen-bond acceptors (Lipinski definition) is 2. The number of benzene rings is 1. The molecule has 0 aliphatic carbocycles. The van der Waals surface area contributed by atoms with Gasteiger partial charge < -0.3 is 5.32 Å². The molecule has 0 saturated carbocycles. The van der Waals surface area contributed by atoms with Gasteiger partial charge in [-0.15, -0.1) is 0 Å². The monoisotopic (exact) mass is 218 g/mol. The zero-order chi connectivity index (χ0) is 11.4. The Bertz CT molecular complexity index is 310. The van der Waals surface area contributed by atoms with Crippen LogP contribution in [-0.4, -0.2) is 31.1 Å². The van der Waals surface area contributed by atoms with E-state index >= 15 is 0 Å². The minimum absolute atomic E-state index is 0.731. The highest BCUT2D eigenvalue weighted by atomic mass is 15.1. The number of rotatable bonds is 3. The summed E-state index contributed by atoms with van der Waals surface area (Å²) in [7, 11) is 2.07. The molecule has 16 heavy (non-hydrogen) atoms. The molecule has 2 nitrogen and oxygen atoms in total. The van der Waals surface area contributed by atoms with Crippen molar-refractivity contribution >= 4 is 0 Å². The summed E-state index contributed by atoms with van der Waals surface area (Å²) >= 11 is 0. The molecule has 0 amide bonds. The van der Waals surface area contributed by atoms with Crippen molar-refractivity contribution in [3.8, 4) is 0 Å². The van der Waals surface area contributed by atoms with E-state index in [9.17, 15) is 0 Å². The average molecular weight is 218 g/mol. The SMILES string of the molecule is CNC1CCN(Cc2ccc(C)cc2)CC1. The minimum atomic E-state index is 0.731. The Morgan fingerprint density at radius 3 is 2.38 bits per heavy atom. The van der Waals surface area contributed by atoms with E-state index in [4.69, 9.17) is 0 Å². The molecular formula is C14H22N2. The molecule has 1 fully saturated rings. The number of piperidine rings is 1. The summed E-state index contributed by atoms with van der Waals surface area (Å²) in [5.74, 6) is 0. The molecule has 0 unspecified atom stereocenters. The third-order valence-electron chi connectivity index (χ3n) is 3.52. The molecule has 1 aliphatic rings. The van der Waals surface area contributed by atoms with Crippen LogP contribution in [0, 0.1) is 6.92 Å². The van der Waals surface area contributed by atoms with Crippen molar-refractivity contribution in [2.45, 2.75) is 32.4 Å². The summed E-state index contributed by atoms with van der Waals surface area (Å²) in [6, 6.07) is 9.64. The number of nitrogens with one attached hydrogen (secondary N) is 1. The maximum atomic E-state index is 3.37. The normalized spacial score (nSPS) is 18.9. The van der Waals surface area contributed by atoms with E-state index in [-0.39, 0.29) is 0 Å². The lowest BCUT2D eigenvalue weighted by Gasteiger charge is -2.31. The van der Waals surface area contributed by atoms with Crippen molar-refractivity contribution in [1.29, 1.82) is 0 Å². The fourth-order valence-electron chi connectivity index (χ4n) is 2.33.